The Bertz CT molecular complexity index is 170. The van der Waals surface area contributed by atoms with Gasteiger partial charge in [-0.25, -0.2) is 4.79 Å². The molecule has 1 fully saturated rings. The van der Waals surface area contributed by atoms with Gasteiger partial charge in [-0.15, -0.1) is 0 Å². The number of nitrogens with one attached hydrogen (secondary N) is 1. The fourth-order valence-corrected chi connectivity index (χ4v) is 1.34. The van der Waals surface area contributed by atoms with E-state index in [1.807, 2.05) is 0 Å². The highest BCUT2D eigenvalue weighted by Crippen LogP contribution is 2.10. The monoisotopic (exact) mass is 171 g/mol. The molecule has 0 spiro atoms. The molecule has 1 heterocycles. The largest absolute Gasteiger partial charge is 0.333 e. The predicted molar refractivity (Wildman–Crippen MR) is 47.8 cm³/mol. The van der Waals surface area contributed by atoms with Crippen molar-refractivity contribution in [1.29, 1.82) is 0 Å². The summed E-state index contributed by atoms with van der Waals surface area (Å²) >= 11 is 0. The van der Waals surface area contributed by atoms with Crippen LogP contribution in [0.15, 0.2) is 0 Å². The highest BCUT2D eigenvalue weighted by molar-refractivity contribution is 5.76. The summed E-state index contributed by atoms with van der Waals surface area (Å²) in [6.07, 6.45) is 0. The maximum atomic E-state index is 11.2. The first kappa shape index (κ1) is 9.32. The third-order valence-corrected chi connectivity index (χ3v) is 2.22. The molecular weight excluding hydrogens is 154 g/mol. The van der Waals surface area contributed by atoms with Crippen molar-refractivity contribution in [1.82, 2.24) is 10.2 Å². The van der Waals surface area contributed by atoms with Gasteiger partial charge in [0.25, 0.3) is 0 Å². The molecule has 0 saturated carbocycles. The number of carbonyl (C=O) groups is 1. The van der Waals surface area contributed by atoms with Crippen molar-refractivity contribution in [3.8, 4) is 0 Å². The molecule has 0 bridgehead atoms. The van der Waals surface area contributed by atoms with Crippen molar-refractivity contribution in [2.24, 2.45) is 11.7 Å². The summed E-state index contributed by atoms with van der Waals surface area (Å²) in [6.45, 7) is 6.22. The van der Waals surface area contributed by atoms with Crippen molar-refractivity contribution in [3.63, 3.8) is 0 Å². The second-order valence-electron chi connectivity index (χ2n) is 3.53. The van der Waals surface area contributed by atoms with Crippen LogP contribution < -0.4 is 11.1 Å². The van der Waals surface area contributed by atoms with E-state index in [0.29, 0.717) is 25.0 Å². The van der Waals surface area contributed by atoms with Crippen LogP contribution in [-0.4, -0.2) is 36.6 Å². The zero-order chi connectivity index (χ0) is 9.14. The molecule has 4 nitrogen and oxygen atoms in total. The van der Waals surface area contributed by atoms with Gasteiger partial charge in [-0.05, 0) is 5.92 Å². The number of urea groups is 1. The fraction of sp³-hybridized carbons (Fsp3) is 0.875. The molecule has 0 aromatic carbocycles. The number of hydrogen-bond acceptors (Lipinski definition) is 2. The number of nitrogens with two attached hydrogens (primary N) is 1. The topological polar surface area (TPSA) is 58.4 Å². The molecule has 0 aromatic heterocycles. The van der Waals surface area contributed by atoms with Crippen LogP contribution in [0.2, 0.25) is 0 Å². The summed E-state index contributed by atoms with van der Waals surface area (Å²) in [5, 5.41) is 2.92. The molecule has 4 heteroatoms. The van der Waals surface area contributed by atoms with E-state index in [2.05, 4.69) is 19.2 Å². The van der Waals surface area contributed by atoms with Crippen molar-refractivity contribution in [2.75, 3.05) is 19.6 Å². The van der Waals surface area contributed by atoms with Gasteiger partial charge in [-0.2, -0.15) is 0 Å². The van der Waals surface area contributed by atoms with Crippen LogP contribution in [0.1, 0.15) is 13.8 Å². The van der Waals surface area contributed by atoms with E-state index >= 15 is 0 Å². The number of carbonyl (C=O) groups excluding carboxylic acids is 1. The average Bonchev–Trinajstić information content (AvgIpc) is 2.34. The molecule has 2 amide bonds. The number of rotatable bonds is 3. The summed E-state index contributed by atoms with van der Waals surface area (Å²) < 4.78 is 0. The number of nitrogens with zero attached hydrogens (tertiary/aromatic N) is 1. The zero-order valence-electron chi connectivity index (χ0n) is 7.71. The summed E-state index contributed by atoms with van der Waals surface area (Å²) in [5.41, 5.74) is 5.37. The van der Waals surface area contributed by atoms with E-state index in [4.69, 9.17) is 5.73 Å². The maximum Gasteiger partial charge on any atom is 0.317 e. The first-order chi connectivity index (χ1) is 5.65. The first-order valence-electron chi connectivity index (χ1n) is 4.40. The lowest BCUT2D eigenvalue weighted by molar-refractivity contribution is 0.218. The molecule has 3 N–H and O–H groups in total. The predicted octanol–water partition coefficient (Wildman–Crippen LogP) is -0.00510. The molecule has 0 radical (unpaired) electrons. The van der Waals surface area contributed by atoms with E-state index in [1.54, 1.807) is 4.90 Å². The normalized spacial score (nSPS) is 23.5. The molecule has 1 unspecified atom stereocenters. The molecule has 1 saturated heterocycles. The minimum absolute atomic E-state index is 0.0270. The van der Waals surface area contributed by atoms with Gasteiger partial charge in [-0.1, -0.05) is 13.8 Å². The van der Waals surface area contributed by atoms with Crippen LogP contribution in [0.25, 0.3) is 0 Å². The van der Waals surface area contributed by atoms with Gasteiger partial charge in [0.2, 0.25) is 0 Å². The zero-order valence-corrected chi connectivity index (χ0v) is 7.71. The van der Waals surface area contributed by atoms with Crippen LogP contribution in [0.5, 0.6) is 0 Å². The van der Waals surface area contributed by atoms with Gasteiger partial charge >= 0.3 is 6.03 Å². The number of amides is 2. The third kappa shape index (κ3) is 1.88. The van der Waals surface area contributed by atoms with Crippen LogP contribution in [-0.2, 0) is 0 Å². The van der Waals surface area contributed by atoms with Crippen molar-refractivity contribution in [2.45, 2.75) is 19.9 Å². The Hall–Kier alpha value is -0.770. The van der Waals surface area contributed by atoms with E-state index in [1.165, 1.54) is 0 Å². The summed E-state index contributed by atoms with van der Waals surface area (Å²) in [7, 11) is 0. The standard InChI is InChI=1S/C8H17N3O/c1-6(2)7-5-11(4-3-9)8(12)10-7/h6-7H,3-5,9H2,1-2H3,(H,10,12). The smallest absolute Gasteiger partial charge is 0.317 e. The SMILES string of the molecule is CC(C)C1CN(CCN)C(=O)N1. The van der Waals surface area contributed by atoms with Crippen LogP contribution in [0.4, 0.5) is 4.79 Å². The molecule has 70 valence electrons. The Labute approximate surface area is 73.1 Å². The van der Waals surface area contributed by atoms with Gasteiger partial charge in [0.1, 0.15) is 0 Å². The second kappa shape index (κ2) is 3.76. The minimum atomic E-state index is 0.0270. The lowest BCUT2D eigenvalue weighted by Gasteiger charge is -2.14. The molecule has 1 rings (SSSR count). The lowest BCUT2D eigenvalue weighted by Crippen LogP contribution is -2.32. The Morgan fingerprint density at radius 3 is 2.83 bits per heavy atom. The van der Waals surface area contributed by atoms with Gasteiger partial charge in [0, 0.05) is 19.6 Å². The minimum Gasteiger partial charge on any atom is -0.333 e. The van der Waals surface area contributed by atoms with Crippen LogP contribution in [0, 0.1) is 5.92 Å². The molecule has 12 heavy (non-hydrogen) atoms. The summed E-state index contributed by atoms with van der Waals surface area (Å²) in [5.74, 6) is 0.497. The van der Waals surface area contributed by atoms with E-state index in [-0.39, 0.29) is 6.03 Å². The highest BCUT2D eigenvalue weighted by atomic mass is 16.2. The fourth-order valence-electron chi connectivity index (χ4n) is 1.34. The quantitative estimate of drug-likeness (QED) is 0.627. The molecule has 1 atom stereocenters. The van der Waals surface area contributed by atoms with Gasteiger partial charge in [0.15, 0.2) is 0 Å². The van der Waals surface area contributed by atoms with E-state index in [0.717, 1.165) is 6.54 Å². The van der Waals surface area contributed by atoms with E-state index < -0.39 is 0 Å². The van der Waals surface area contributed by atoms with Crippen LogP contribution >= 0.6 is 0 Å². The molecule has 1 aliphatic heterocycles. The van der Waals surface area contributed by atoms with E-state index in [9.17, 15) is 4.79 Å². The number of hydrogen-bond donors (Lipinski definition) is 2. The van der Waals surface area contributed by atoms with Gasteiger partial charge in [-0.3, -0.25) is 0 Å². The van der Waals surface area contributed by atoms with Crippen LogP contribution in [0.3, 0.4) is 0 Å². The Balaban J connectivity index is 2.44. The Morgan fingerprint density at radius 2 is 2.42 bits per heavy atom. The Morgan fingerprint density at radius 1 is 1.75 bits per heavy atom. The Kier molecular flexibility index (Phi) is 2.92. The molecule has 1 aliphatic rings. The molecular formula is C8H17N3O. The maximum absolute atomic E-state index is 11.2. The van der Waals surface area contributed by atoms with Gasteiger partial charge < -0.3 is 16.0 Å². The summed E-state index contributed by atoms with van der Waals surface area (Å²) in [6, 6.07) is 0.322. The van der Waals surface area contributed by atoms with Crippen molar-refractivity contribution < 1.29 is 4.79 Å². The average molecular weight is 171 g/mol. The lowest BCUT2D eigenvalue weighted by atomic mass is 10.1. The third-order valence-electron chi connectivity index (χ3n) is 2.22. The highest BCUT2D eigenvalue weighted by Gasteiger charge is 2.29. The first-order valence-corrected chi connectivity index (χ1v) is 4.40. The molecule has 0 aliphatic carbocycles. The molecule has 0 aromatic rings. The van der Waals surface area contributed by atoms with Crippen molar-refractivity contribution >= 4 is 6.03 Å². The van der Waals surface area contributed by atoms with Crippen molar-refractivity contribution in [3.05, 3.63) is 0 Å². The van der Waals surface area contributed by atoms with Gasteiger partial charge in [0.05, 0.1) is 6.04 Å². The summed E-state index contributed by atoms with van der Waals surface area (Å²) in [4.78, 5) is 13.0. The second-order valence-corrected chi connectivity index (χ2v) is 3.53.